The molecule has 3 rings (SSSR count). The van der Waals surface area contributed by atoms with Crippen molar-refractivity contribution in [2.45, 2.75) is 0 Å². The zero-order chi connectivity index (χ0) is 16.6. The molecule has 0 bridgehead atoms. The number of carbonyl (C=O) groups excluding carboxylic acids is 1. The molecule has 116 valence electrons. The van der Waals surface area contributed by atoms with Gasteiger partial charge in [0.25, 0.3) is 0 Å². The fourth-order valence-corrected chi connectivity index (χ4v) is 2.76. The molecule has 0 atom stereocenters. The second-order valence-electron chi connectivity index (χ2n) is 4.71. The van der Waals surface area contributed by atoms with Crippen LogP contribution in [-0.2, 0) is 0 Å². The Kier molecular flexibility index (Phi) is 4.39. The molecule has 1 N–H and O–H groups in total. The first-order chi connectivity index (χ1) is 11.0. The number of halogens is 4. The summed E-state index contributed by atoms with van der Waals surface area (Å²) in [5.74, 6) is -1.09. The summed E-state index contributed by atoms with van der Waals surface area (Å²) in [5.41, 5.74) is 0.995. The van der Waals surface area contributed by atoms with Gasteiger partial charge in [-0.05, 0) is 24.3 Å². The number of nitrogens with zero attached hydrogens (tertiary/aromatic N) is 1. The number of carbonyl (C=O) groups is 1. The molecule has 0 amide bonds. The van der Waals surface area contributed by atoms with Crippen LogP contribution >= 0.6 is 34.8 Å². The van der Waals surface area contributed by atoms with Crippen molar-refractivity contribution < 1.29 is 9.18 Å². The molecule has 23 heavy (non-hydrogen) atoms. The summed E-state index contributed by atoms with van der Waals surface area (Å²) in [5, 5.41) is 7.35. The van der Waals surface area contributed by atoms with Crippen LogP contribution in [-0.4, -0.2) is 16.0 Å². The van der Waals surface area contributed by atoms with E-state index in [4.69, 9.17) is 34.8 Å². The lowest BCUT2D eigenvalue weighted by Gasteiger charge is -2.06. The van der Waals surface area contributed by atoms with E-state index in [0.29, 0.717) is 11.3 Å². The second-order valence-corrected chi connectivity index (χ2v) is 5.90. The minimum absolute atomic E-state index is 0.0405. The molecule has 2 aromatic carbocycles. The second kappa shape index (κ2) is 6.32. The summed E-state index contributed by atoms with van der Waals surface area (Å²) >= 11 is 17.9. The van der Waals surface area contributed by atoms with E-state index in [1.807, 2.05) is 0 Å². The number of aromatic amines is 1. The maximum Gasteiger partial charge on any atom is 0.199 e. The standard InChI is InChI=1S/C16H8Cl3FN2O/c17-11-5-8(6-12(18)14(11)19)15-10(7-21-22-15)16(23)9-3-1-2-4-13(9)20/h1-7H,(H,21,22). The van der Waals surface area contributed by atoms with Crippen LogP contribution in [0.4, 0.5) is 4.39 Å². The quantitative estimate of drug-likeness (QED) is 0.496. The molecule has 3 nitrogen and oxygen atoms in total. The number of nitrogens with one attached hydrogen (secondary N) is 1. The third-order valence-electron chi connectivity index (χ3n) is 3.26. The third-order valence-corrected chi connectivity index (χ3v) is 4.46. The van der Waals surface area contributed by atoms with E-state index in [0.717, 1.165) is 0 Å². The SMILES string of the molecule is O=C(c1ccccc1F)c1c[nH]nc1-c1cc(Cl)c(Cl)c(Cl)c1. The number of benzene rings is 2. The first-order valence-corrected chi connectivity index (χ1v) is 7.60. The molecule has 0 aliphatic rings. The Bertz CT molecular complexity index is 885. The molecule has 0 radical (unpaired) electrons. The molecule has 0 aliphatic carbocycles. The van der Waals surface area contributed by atoms with E-state index in [-0.39, 0.29) is 26.2 Å². The molecule has 0 spiro atoms. The Morgan fingerprint density at radius 3 is 2.35 bits per heavy atom. The Morgan fingerprint density at radius 1 is 1.04 bits per heavy atom. The van der Waals surface area contributed by atoms with Crippen LogP contribution in [0.1, 0.15) is 15.9 Å². The van der Waals surface area contributed by atoms with Crippen molar-refractivity contribution in [1.29, 1.82) is 0 Å². The van der Waals surface area contributed by atoms with Crippen molar-refractivity contribution in [3.63, 3.8) is 0 Å². The van der Waals surface area contributed by atoms with Gasteiger partial charge < -0.3 is 0 Å². The van der Waals surface area contributed by atoms with Gasteiger partial charge in [0, 0.05) is 11.8 Å². The number of H-pyrrole nitrogens is 1. The lowest BCUT2D eigenvalue weighted by molar-refractivity contribution is 0.103. The normalized spacial score (nSPS) is 10.8. The van der Waals surface area contributed by atoms with Gasteiger partial charge in [-0.25, -0.2) is 4.39 Å². The Balaban J connectivity index is 2.11. The van der Waals surface area contributed by atoms with Crippen molar-refractivity contribution in [3.05, 3.63) is 74.6 Å². The molecule has 0 saturated heterocycles. The van der Waals surface area contributed by atoms with Gasteiger partial charge in [-0.2, -0.15) is 5.10 Å². The summed E-state index contributed by atoms with van der Waals surface area (Å²) in [6, 6.07) is 8.83. The summed E-state index contributed by atoms with van der Waals surface area (Å²) < 4.78 is 13.8. The lowest BCUT2D eigenvalue weighted by atomic mass is 10.00. The summed E-state index contributed by atoms with van der Waals surface area (Å²) in [7, 11) is 0. The Morgan fingerprint density at radius 2 is 1.70 bits per heavy atom. The van der Waals surface area contributed by atoms with E-state index in [1.165, 1.54) is 24.4 Å². The monoisotopic (exact) mass is 368 g/mol. The molecule has 7 heteroatoms. The molecule has 1 aromatic heterocycles. The third kappa shape index (κ3) is 2.98. The van der Waals surface area contributed by atoms with Crippen LogP contribution in [0.3, 0.4) is 0 Å². The number of hydrogen-bond acceptors (Lipinski definition) is 2. The average molecular weight is 370 g/mol. The minimum atomic E-state index is -0.600. The topological polar surface area (TPSA) is 45.8 Å². The number of aromatic nitrogens is 2. The highest BCUT2D eigenvalue weighted by Gasteiger charge is 2.21. The van der Waals surface area contributed by atoms with Gasteiger partial charge in [0.05, 0.1) is 26.2 Å². The number of ketones is 1. The van der Waals surface area contributed by atoms with Crippen LogP contribution in [0.2, 0.25) is 15.1 Å². The maximum absolute atomic E-state index is 13.8. The van der Waals surface area contributed by atoms with Gasteiger partial charge in [0.1, 0.15) is 11.5 Å². The number of hydrogen-bond donors (Lipinski definition) is 1. The molecule has 0 saturated carbocycles. The summed E-state index contributed by atoms with van der Waals surface area (Å²) in [4.78, 5) is 12.6. The van der Waals surface area contributed by atoms with Crippen LogP contribution in [0, 0.1) is 5.82 Å². The van der Waals surface area contributed by atoms with E-state index in [1.54, 1.807) is 18.2 Å². The van der Waals surface area contributed by atoms with Crippen molar-refractivity contribution >= 4 is 40.6 Å². The van der Waals surface area contributed by atoms with Gasteiger partial charge in [0.2, 0.25) is 0 Å². The van der Waals surface area contributed by atoms with Crippen LogP contribution < -0.4 is 0 Å². The lowest BCUT2D eigenvalue weighted by Crippen LogP contribution is -2.04. The first kappa shape index (κ1) is 16.0. The molecule has 0 aliphatic heterocycles. The largest absolute Gasteiger partial charge is 0.288 e. The predicted molar refractivity (Wildman–Crippen MR) is 88.9 cm³/mol. The number of rotatable bonds is 3. The summed E-state index contributed by atoms with van der Waals surface area (Å²) in [6.45, 7) is 0. The van der Waals surface area contributed by atoms with Gasteiger partial charge >= 0.3 is 0 Å². The highest BCUT2D eigenvalue weighted by Crippen LogP contribution is 2.35. The average Bonchev–Trinajstić information content (AvgIpc) is 3.01. The molecular weight excluding hydrogens is 362 g/mol. The van der Waals surface area contributed by atoms with Gasteiger partial charge in [-0.3, -0.25) is 9.89 Å². The van der Waals surface area contributed by atoms with Crippen molar-refractivity contribution in [2.75, 3.05) is 0 Å². The maximum atomic E-state index is 13.8. The van der Waals surface area contributed by atoms with E-state index in [9.17, 15) is 9.18 Å². The highest BCUT2D eigenvalue weighted by atomic mass is 35.5. The molecule has 0 unspecified atom stereocenters. The zero-order valence-corrected chi connectivity index (χ0v) is 13.7. The zero-order valence-electron chi connectivity index (χ0n) is 11.4. The molecular formula is C16H8Cl3FN2O. The van der Waals surface area contributed by atoms with E-state index >= 15 is 0 Å². The van der Waals surface area contributed by atoms with Gasteiger partial charge in [0.15, 0.2) is 5.78 Å². The minimum Gasteiger partial charge on any atom is -0.288 e. The smallest absolute Gasteiger partial charge is 0.199 e. The van der Waals surface area contributed by atoms with Gasteiger partial charge in [-0.15, -0.1) is 0 Å². The van der Waals surface area contributed by atoms with Crippen LogP contribution in [0.5, 0.6) is 0 Å². The van der Waals surface area contributed by atoms with Crippen molar-refractivity contribution in [1.82, 2.24) is 10.2 Å². The van der Waals surface area contributed by atoms with Crippen LogP contribution in [0.25, 0.3) is 11.3 Å². The fourth-order valence-electron chi connectivity index (χ4n) is 2.17. The molecule has 0 fully saturated rings. The van der Waals surface area contributed by atoms with Crippen molar-refractivity contribution in [3.8, 4) is 11.3 Å². The van der Waals surface area contributed by atoms with E-state index in [2.05, 4.69) is 10.2 Å². The first-order valence-electron chi connectivity index (χ1n) is 6.47. The highest BCUT2D eigenvalue weighted by molar-refractivity contribution is 6.48. The summed E-state index contributed by atoms with van der Waals surface area (Å²) in [6.07, 6.45) is 1.40. The van der Waals surface area contributed by atoms with Crippen molar-refractivity contribution in [2.24, 2.45) is 0 Å². The predicted octanol–water partition coefficient (Wildman–Crippen LogP) is 5.41. The Hall–Kier alpha value is -1.88. The van der Waals surface area contributed by atoms with E-state index < -0.39 is 11.6 Å². The fraction of sp³-hybridized carbons (Fsp3) is 0. The van der Waals surface area contributed by atoms with Crippen LogP contribution in [0.15, 0.2) is 42.6 Å². The Labute approximate surface area is 146 Å². The molecule has 3 aromatic rings. The van der Waals surface area contributed by atoms with Gasteiger partial charge in [-0.1, -0.05) is 46.9 Å². The molecule has 1 heterocycles.